The predicted molar refractivity (Wildman–Crippen MR) is 60.0 cm³/mol. The molecule has 14 heavy (non-hydrogen) atoms. The first-order chi connectivity index (χ1) is 6.22. The van der Waals surface area contributed by atoms with Gasteiger partial charge in [0.15, 0.2) is 0 Å². The zero-order chi connectivity index (χ0) is 10.1. The maximum Gasteiger partial charge on any atom is 0.145 e. The number of hydrogen-bond donors (Lipinski definition) is 1. The van der Waals surface area contributed by atoms with E-state index in [1.54, 1.807) is 12.0 Å². The van der Waals surface area contributed by atoms with Crippen LogP contribution in [0.15, 0.2) is 10.1 Å². The van der Waals surface area contributed by atoms with Gasteiger partial charge in [-0.2, -0.15) is 0 Å². The molecule has 0 radical (unpaired) electrons. The Bertz CT molecular complexity index is 183. The molecule has 0 atom stereocenters. The molecule has 0 aromatic rings. The molecule has 0 amide bonds. The van der Waals surface area contributed by atoms with Crippen molar-refractivity contribution in [2.24, 2.45) is 10.1 Å². The third kappa shape index (κ3) is 7.82. The first kappa shape index (κ1) is 15.7. The van der Waals surface area contributed by atoms with Gasteiger partial charge >= 0.3 is 0 Å². The third-order valence-corrected chi connectivity index (χ3v) is 1.41. The first-order valence-electron chi connectivity index (χ1n) is 4.10. The van der Waals surface area contributed by atoms with Crippen LogP contribution in [0.3, 0.4) is 0 Å². The summed E-state index contributed by atoms with van der Waals surface area (Å²) in [5.41, 5.74) is 0. The molecular formula is C8H18ClN3O2. The summed E-state index contributed by atoms with van der Waals surface area (Å²) < 4.78 is 4.88. The number of hydrogen-bond acceptors (Lipinski definition) is 4. The highest BCUT2D eigenvalue weighted by Gasteiger charge is 1.96. The fourth-order valence-corrected chi connectivity index (χ4v) is 0.752. The Morgan fingerprint density at radius 3 is 2.57 bits per heavy atom. The largest absolute Gasteiger partial charge is 0.411 e. The van der Waals surface area contributed by atoms with Crippen molar-refractivity contribution in [3.63, 3.8) is 0 Å². The second-order valence-electron chi connectivity index (χ2n) is 2.73. The minimum absolute atomic E-state index is 0. The Morgan fingerprint density at radius 2 is 2.14 bits per heavy atom. The highest BCUT2D eigenvalue weighted by molar-refractivity contribution is 6.28. The molecule has 0 rings (SSSR count). The van der Waals surface area contributed by atoms with Crippen molar-refractivity contribution in [3.8, 4) is 0 Å². The maximum absolute atomic E-state index is 8.33. The Hall–Kier alpha value is -0.810. The second-order valence-corrected chi connectivity index (χ2v) is 2.73. The molecule has 0 aliphatic carbocycles. The van der Waals surface area contributed by atoms with E-state index in [9.17, 15) is 0 Å². The minimum atomic E-state index is 0. The monoisotopic (exact) mass is 223 g/mol. The fourth-order valence-electron chi connectivity index (χ4n) is 0.752. The first-order valence-corrected chi connectivity index (χ1v) is 4.10. The molecule has 0 aliphatic heterocycles. The number of aliphatic imine (C=N–C) groups is 1. The van der Waals surface area contributed by atoms with Crippen LogP contribution < -0.4 is 0 Å². The van der Waals surface area contributed by atoms with Crippen LogP contribution in [0.1, 0.15) is 6.42 Å². The van der Waals surface area contributed by atoms with Gasteiger partial charge in [-0.25, -0.2) is 0 Å². The topological polar surface area (TPSA) is 57.4 Å². The SMILES string of the molecule is COCCCN=C(C=NO)N(C)C.Cl. The number of methoxy groups -OCH3 is 1. The summed E-state index contributed by atoms with van der Waals surface area (Å²) in [6.07, 6.45) is 2.18. The fraction of sp³-hybridized carbons (Fsp3) is 0.750. The molecule has 0 aromatic carbocycles. The lowest BCUT2D eigenvalue weighted by Gasteiger charge is -2.10. The van der Waals surface area contributed by atoms with Gasteiger partial charge in [0, 0.05) is 34.4 Å². The number of nitrogens with zero attached hydrogens (tertiary/aromatic N) is 3. The van der Waals surface area contributed by atoms with E-state index in [4.69, 9.17) is 9.94 Å². The molecule has 0 aliphatic rings. The molecule has 0 heterocycles. The van der Waals surface area contributed by atoms with Gasteiger partial charge in [0.1, 0.15) is 12.1 Å². The molecule has 0 bridgehead atoms. The van der Waals surface area contributed by atoms with Crippen LogP contribution in [0.5, 0.6) is 0 Å². The van der Waals surface area contributed by atoms with Gasteiger partial charge in [0.25, 0.3) is 0 Å². The smallest absolute Gasteiger partial charge is 0.145 e. The maximum atomic E-state index is 8.33. The van der Waals surface area contributed by atoms with Crippen molar-refractivity contribution >= 4 is 24.5 Å². The van der Waals surface area contributed by atoms with E-state index in [0.717, 1.165) is 6.42 Å². The number of amidine groups is 1. The Morgan fingerprint density at radius 1 is 1.50 bits per heavy atom. The normalized spacial score (nSPS) is 11.5. The summed E-state index contributed by atoms with van der Waals surface area (Å²) in [4.78, 5) is 5.99. The van der Waals surface area contributed by atoms with Gasteiger partial charge in [-0.05, 0) is 6.42 Å². The van der Waals surface area contributed by atoms with Crippen molar-refractivity contribution < 1.29 is 9.94 Å². The summed E-state index contributed by atoms with van der Waals surface area (Å²) in [6.45, 7) is 1.37. The number of halogens is 1. The molecule has 0 aromatic heterocycles. The van der Waals surface area contributed by atoms with Crippen LogP contribution in [-0.2, 0) is 4.74 Å². The average molecular weight is 224 g/mol. The van der Waals surface area contributed by atoms with Gasteiger partial charge in [0.05, 0.1) is 0 Å². The molecule has 0 saturated heterocycles. The van der Waals surface area contributed by atoms with Crippen molar-refractivity contribution in [1.29, 1.82) is 0 Å². The Kier molecular flexibility index (Phi) is 11.5. The molecule has 5 nitrogen and oxygen atoms in total. The van der Waals surface area contributed by atoms with Crippen molar-refractivity contribution in [1.82, 2.24) is 4.90 Å². The van der Waals surface area contributed by atoms with Crippen LogP contribution in [0.4, 0.5) is 0 Å². The molecular weight excluding hydrogens is 206 g/mol. The molecule has 84 valence electrons. The quantitative estimate of drug-likeness (QED) is 0.247. The molecule has 0 unspecified atom stereocenters. The van der Waals surface area contributed by atoms with Crippen molar-refractivity contribution in [2.45, 2.75) is 6.42 Å². The lowest BCUT2D eigenvalue weighted by Crippen LogP contribution is -2.23. The molecule has 0 fully saturated rings. The van der Waals surface area contributed by atoms with Crippen LogP contribution >= 0.6 is 12.4 Å². The van der Waals surface area contributed by atoms with E-state index in [-0.39, 0.29) is 12.4 Å². The van der Waals surface area contributed by atoms with Gasteiger partial charge in [-0.1, -0.05) is 5.16 Å². The number of rotatable bonds is 5. The minimum Gasteiger partial charge on any atom is -0.411 e. The van der Waals surface area contributed by atoms with E-state index < -0.39 is 0 Å². The van der Waals surface area contributed by atoms with E-state index in [2.05, 4.69) is 10.1 Å². The van der Waals surface area contributed by atoms with Crippen LogP contribution in [0, 0.1) is 0 Å². The summed E-state index contributed by atoms with van der Waals surface area (Å²) in [7, 11) is 5.35. The Labute approximate surface area is 90.9 Å². The lowest BCUT2D eigenvalue weighted by atomic mass is 10.4. The van der Waals surface area contributed by atoms with Gasteiger partial charge in [-0.15, -0.1) is 12.4 Å². The highest BCUT2D eigenvalue weighted by Crippen LogP contribution is 1.86. The molecule has 1 N–H and O–H groups in total. The molecule has 0 saturated carbocycles. The van der Waals surface area contributed by atoms with Crippen molar-refractivity contribution in [3.05, 3.63) is 0 Å². The lowest BCUT2D eigenvalue weighted by molar-refractivity contribution is 0.197. The van der Waals surface area contributed by atoms with Crippen LogP contribution in [0.2, 0.25) is 0 Å². The molecule has 6 heteroatoms. The van der Waals surface area contributed by atoms with Gasteiger partial charge in [-0.3, -0.25) is 4.99 Å². The van der Waals surface area contributed by atoms with Crippen molar-refractivity contribution in [2.75, 3.05) is 34.4 Å². The summed E-state index contributed by atoms with van der Waals surface area (Å²) >= 11 is 0. The summed E-state index contributed by atoms with van der Waals surface area (Å²) in [5.74, 6) is 0.651. The zero-order valence-electron chi connectivity index (χ0n) is 8.80. The van der Waals surface area contributed by atoms with E-state index in [1.807, 2.05) is 14.1 Å². The molecule has 0 spiro atoms. The standard InChI is InChI=1S/C8H17N3O2.ClH/c1-11(2)8(7-10-12)9-5-4-6-13-3;/h7,12H,4-6H2,1-3H3;1H. The number of oxime groups is 1. The Balaban J connectivity index is 0. The van der Waals surface area contributed by atoms with E-state index >= 15 is 0 Å². The third-order valence-electron chi connectivity index (χ3n) is 1.41. The van der Waals surface area contributed by atoms with E-state index in [0.29, 0.717) is 19.0 Å². The summed E-state index contributed by atoms with van der Waals surface area (Å²) in [6, 6.07) is 0. The highest BCUT2D eigenvalue weighted by atomic mass is 35.5. The van der Waals surface area contributed by atoms with Crippen LogP contribution in [-0.4, -0.2) is 56.5 Å². The van der Waals surface area contributed by atoms with Gasteiger partial charge in [0.2, 0.25) is 0 Å². The predicted octanol–water partition coefficient (Wildman–Crippen LogP) is 0.865. The second kappa shape index (κ2) is 10.3. The van der Waals surface area contributed by atoms with Crippen LogP contribution in [0.25, 0.3) is 0 Å². The van der Waals surface area contributed by atoms with Gasteiger partial charge < -0.3 is 14.8 Å². The zero-order valence-corrected chi connectivity index (χ0v) is 9.62. The van der Waals surface area contributed by atoms with E-state index in [1.165, 1.54) is 6.21 Å². The number of ether oxygens (including phenoxy) is 1. The summed E-state index contributed by atoms with van der Waals surface area (Å²) in [5, 5.41) is 11.3. The average Bonchev–Trinajstić information content (AvgIpc) is 2.10.